The largest absolute Gasteiger partial charge is 0.497 e. The number of nitrogens with one attached hydrogen (secondary N) is 1. The first-order valence-corrected chi connectivity index (χ1v) is 6.91. The number of benzene rings is 1. The Morgan fingerprint density at radius 2 is 2.06 bits per heavy atom. The molecule has 0 aliphatic carbocycles. The van der Waals surface area contributed by atoms with E-state index in [9.17, 15) is 0 Å². The van der Waals surface area contributed by atoms with Crippen LogP contribution >= 0.6 is 11.5 Å². The summed E-state index contributed by atoms with van der Waals surface area (Å²) in [5.74, 6) is 0.874. The van der Waals surface area contributed by atoms with E-state index in [0.717, 1.165) is 36.5 Å². The molecule has 0 spiro atoms. The number of aromatic nitrogens is 1. The van der Waals surface area contributed by atoms with Crippen LogP contribution in [0.3, 0.4) is 0 Å². The summed E-state index contributed by atoms with van der Waals surface area (Å²) in [5.41, 5.74) is 2.17. The van der Waals surface area contributed by atoms with Gasteiger partial charge in [-0.1, -0.05) is 6.92 Å². The average Bonchev–Trinajstić information content (AvgIpc) is 2.88. The Labute approximate surface area is 112 Å². The highest BCUT2D eigenvalue weighted by Crippen LogP contribution is 2.24. The number of rotatable bonds is 6. The molecular weight excluding hydrogens is 244 g/mol. The zero-order chi connectivity index (χ0) is 12.8. The van der Waals surface area contributed by atoms with Crippen molar-refractivity contribution in [2.45, 2.75) is 19.9 Å². The number of hydrogen-bond acceptors (Lipinski definition) is 4. The van der Waals surface area contributed by atoms with Crippen molar-refractivity contribution in [2.75, 3.05) is 13.7 Å². The van der Waals surface area contributed by atoms with Crippen molar-refractivity contribution in [3.05, 3.63) is 35.2 Å². The minimum Gasteiger partial charge on any atom is -0.497 e. The van der Waals surface area contributed by atoms with Gasteiger partial charge >= 0.3 is 0 Å². The molecule has 1 aromatic heterocycles. The monoisotopic (exact) mass is 262 g/mol. The third kappa shape index (κ3) is 3.31. The van der Waals surface area contributed by atoms with E-state index in [1.165, 1.54) is 4.88 Å². The molecule has 3 nitrogen and oxygen atoms in total. The Morgan fingerprint density at radius 1 is 1.28 bits per heavy atom. The standard InChI is InChI=1S/C14H18N2OS/c1-3-8-15-10-13-9-14(16-18-13)11-4-6-12(17-2)7-5-11/h4-7,9,15H,3,8,10H2,1-2H3. The van der Waals surface area contributed by atoms with Crippen LogP contribution in [0.1, 0.15) is 18.2 Å². The van der Waals surface area contributed by atoms with Crippen molar-refractivity contribution in [1.29, 1.82) is 0 Å². The number of methoxy groups -OCH3 is 1. The first-order valence-electron chi connectivity index (χ1n) is 6.14. The minimum absolute atomic E-state index is 0.874. The molecule has 0 aliphatic rings. The predicted octanol–water partition coefficient (Wildman–Crippen LogP) is 3.32. The fourth-order valence-corrected chi connectivity index (χ4v) is 2.39. The van der Waals surface area contributed by atoms with E-state index in [1.807, 2.05) is 24.3 Å². The quantitative estimate of drug-likeness (QED) is 0.811. The third-order valence-electron chi connectivity index (χ3n) is 2.67. The molecule has 2 rings (SSSR count). The molecular formula is C14H18N2OS. The molecule has 96 valence electrons. The summed E-state index contributed by atoms with van der Waals surface area (Å²) in [6.07, 6.45) is 1.16. The van der Waals surface area contributed by atoms with Crippen LogP contribution in [0.25, 0.3) is 11.3 Å². The Balaban J connectivity index is 2.04. The van der Waals surface area contributed by atoms with E-state index >= 15 is 0 Å². The molecule has 0 aliphatic heterocycles. The van der Waals surface area contributed by atoms with Gasteiger partial charge in [-0.25, -0.2) is 0 Å². The maximum Gasteiger partial charge on any atom is 0.118 e. The van der Waals surface area contributed by atoms with Crippen molar-refractivity contribution in [3.8, 4) is 17.0 Å². The highest BCUT2D eigenvalue weighted by molar-refractivity contribution is 7.06. The van der Waals surface area contributed by atoms with Gasteiger partial charge in [-0.15, -0.1) is 0 Å². The number of nitrogens with zero attached hydrogens (tertiary/aromatic N) is 1. The van der Waals surface area contributed by atoms with Gasteiger partial charge in [0.25, 0.3) is 0 Å². The van der Waals surface area contributed by atoms with Gasteiger partial charge in [-0.05, 0) is 54.8 Å². The molecule has 1 N–H and O–H groups in total. The summed E-state index contributed by atoms with van der Waals surface area (Å²) in [4.78, 5) is 1.27. The van der Waals surface area contributed by atoms with Gasteiger partial charge in [-0.2, -0.15) is 4.37 Å². The van der Waals surface area contributed by atoms with E-state index in [2.05, 4.69) is 22.7 Å². The predicted molar refractivity (Wildman–Crippen MR) is 76.1 cm³/mol. The SMILES string of the molecule is CCCNCc1cc(-c2ccc(OC)cc2)ns1. The average molecular weight is 262 g/mol. The van der Waals surface area contributed by atoms with Crippen LogP contribution in [-0.2, 0) is 6.54 Å². The number of hydrogen-bond donors (Lipinski definition) is 1. The molecule has 4 heteroatoms. The zero-order valence-corrected chi connectivity index (χ0v) is 11.6. The smallest absolute Gasteiger partial charge is 0.118 e. The van der Waals surface area contributed by atoms with Crippen molar-refractivity contribution < 1.29 is 4.74 Å². The van der Waals surface area contributed by atoms with Crippen LogP contribution in [0.15, 0.2) is 30.3 Å². The lowest BCUT2D eigenvalue weighted by Crippen LogP contribution is -2.12. The van der Waals surface area contributed by atoms with Gasteiger partial charge in [0.2, 0.25) is 0 Å². The molecule has 0 saturated heterocycles. The van der Waals surface area contributed by atoms with E-state index in [1.54, 1.807) is 18.6 Å². The highest BCUT2D eigenvalue weighted by Gasteiger charge is 2.04. The first kappa shape index (κ1) is 13.1. The van der Waals surface area contributed by atoms with Gasteiger partial charge < -0.3 is 10.1 Å². The van der Waals surface area contributed by atoms with Crippen molar-refractivity contribution in [2.24, 2.45) is 0 Å². The fourth-order valence-electron chi connectivity index (χ4n) is 1.68. The Hall–Kier alpha value is -1.39. The molecule has 0 amide bonds. The Bertz CT molecular complexity index is 479. The summed E-state index contributed by atoms with van der Waals surface area (Å²) >= 11 is 1.56. The summed E-state index contributed by atoms with van der Waals surface area (Å²) in [6.45, 7) is 4.12. The molecule has 0 fully saturated rings. The molecule has 18 heavy (non-hydrogen) atoms. The van der Waals surface area contributed by atoms with E-state index in [0.29, 0.717) is 0 Å². The van der Waals surface area contributed by atoms with Crippen molar-refractivity contribution in [1.82, 2.24) is 9.69 Å². The molecule has 0 saturated carbocycles. The van der Waals surface area contributed by atoms with Gasteiger partial charge in [0.1, 0.15) is 5.75 Å². The van der Waals surface area contributed by atoms with Gasteiger partial charge in [0.05, 0.1) is 12.8 Å². The molecule has 1 heterocycles. The summed E-state index contributed by atoms with van der Waals surface area (Å²) in [5, 5.41) is 3.38. The molecule has 0 radical (unpaired) electrons. The zero-order valence-electron chi connectivity index (χ0n) is 10.8. The second kappa shape index (κ2) is 6.52. The topological polar surface area (TPSA) is 34.1 Å². The molecule has 0 atom stereocenters. The van der Waals surface area contributed by atoms with Gasteiger partial charge in [0.15, 0.2) is 0 Å². The summed E-state index contributed by atoms with van der Waals surface area (Å²) in [6, 6.07) is 10.1. The lowest BCUT2D eigenvalue weighted by atomic mass is 10.1. The number of ether oxygens (including phenoxy) is 1. The minimum atomic E-state index is 0.874. The molecule has 2 aromatic rings. The second-order valence-corrected chi connectivity index (χ2v) is 4.97. The fraction of sp³-hybridized carbons (Fsp3) is 0.357. The Kier molecular flexibility index (Phi) is 4.73. The molecule has 0 bridgehead atoms. The van der Waals surface area contributed by atoms with Crippen LogP contribution in [-0.4, -0.2) is 18.0 Å². The van der Waals surface area contributed by atoms with Crippen molar-refractivity contribution >= 4 is 11.5 Å². The summed E-state index contributed by atoms with van der Waals surface area (Å²) < 4.78 is 9.63. The second-order valence-electron chi connectivity index (χ2n) is 4.08. The normalized spacial score (nSPS) is 10.6. The summed E-state index contributed by atoms with van der Waals surface area (Å²) in [7, 11) is 1.68. The van der Waals surface area contributed by atoms with E-state index < -0.39 is 0 Å². The van der Waals surface area contributed by atoms with Crippen molar-refractivity contribution in [3.63, 3.8) is 0 Å². The highest BCUT2D eigenvalue weighted by atomic mass is 32.1. The van der Waals surface area contributed by atoms with Crippen LogP contribution in [0.5, 0.6) is 5.75 Å². The van der Waals surface area contributed by atoms with Crippen LogP contribution < -0.4 is 10.1 Å². The van der Waals surface area contributed by atoms with Gasteiger partial charge in [-0.3, -0.25) is 0 Å². The third-order valence-corrected chi connectivity index (χ3v) is 3.46. The Morgan fingerprint density at radius 3 is 2.72 bits per heavy atom. The van der Waals surface area contributed by atoms with Crippen LogP contribution in [0, 0.1) is 0 Å². The molecule has 1 aromatic carbocycles. The van der Waals surface area contributed by atoms with Crippen LogP contribution in [0.4, 0.5) is 0 Å². The lowest BCUT2D eigenvalue weighted by molar-refractivity contribution is 0.415. The molecule has 0 unspecified atom stereocenters. The van der Waals surface area contributed by atoms with Gasteiger partial charge in [0, 0.05) is 17.0 Å². The first-order chi connectivity index (χ1) is 8.83. The van der Waals surface area contributed by atoms with E-state index in [4.69, 9.17) is 4.74 Å². The van der Waals surface area contributed by atoms with Crippen LogP contribution in [0.2, 0.25) is 0 Å². The maximum absolute atomic E-state index is 5.15. The lowest BCUT2D eigenvalue weighted by Gasteiger charge is -2.00. The maximum atomic E-state index is 5.15. The van der Waals surface area contributed by atoms with E-state index in [-0.39, 0.29) is 0 Å².